The summed E-state index contributed by atoms with van der Waals surface area (Å²) in [6, 6.07) is 15.8. The molecule has 0 radical (unpaired) electrons. The second-order valence-corrected chi connectivity index (χ2v) is 7.27. The van der Waals surface area contributed by atoms with Crippen molar-refractivity contribution in [3.05, 3.63) is 71.8 Å². The number of aliphatic carboxylic acids is 1. The fraction of sp³-hybridized carbons (Fsp3) is 0.304. The van der Waals surface area contributed by atoms with Gasteiger partial charge in [-0.3, -0.25) is 14.4 Å². The minimum Gasteiger partial charge on any atom is -0.481 e. The van der Waals surface area contributed by atoms with Crippen molar-refractivity contribution in [1.82, 2.24) is 16.0 Å². The largest absolute Gasteiger partial charge is 0.481 e. The molecule has 2 aromatic carbocycles. The third-order valence-corrected chi connectivity index (χ3v) is 4.75. The van der Waals surface area contributed by atoms with E-state index in [0.717, 1.165) is 11.1 Å². The Morgan fingerprint density at radius 3 is 2.00 bits per heavy atom. The number of amides is 4. The summed E-state index contributed by atoms with van der Waals surface area (Å²) in [5.41, 5.74) is 7.27. The van der Waals surface area contributed by atoms with Crippen LogP contribution >= 0.6 is 0 Å². The Morgan fingerprint density at radius 2 is 1.44 bits per heavy atom. The molecule has 0 spiro atoms. The van der Waals surface area contributed by atoms with Gasteiger partial charge in [-0.1, -0.05) is 60.7 Å². The third-order valence-electron chi connectivity index (χ3n) is 4.75. The number of carbonyl (C=O) groups is 4. The molecule has 2 aromatic rings. The molecule has 0 aliphatic heterocycles. The Kier molecular flexibility index (Phi) is 9.70. The predicted molar refractivity (Wildman–Crippen MR) is 119 cm³/mol. The number of hydrogen-bond acceptors (Lipinski definition) is 4. The number of carboxylic acids is 1. The lowest BCUT2D eigenvalue weighted by atomic mass is 10.0. The zero-order chi connectivity index (χ0) is 23.3. The van der Waals surface area contributed by atoms with Crippen molar-refractivity contribution < 1.29 is 24.3 Å². The van der Waals surface area contributed by atoms with Gasteiger partial charge < -0.3 is 26.8 Å². The number of carbonyl (C=O) groups excluding carboxylic acids is 3. The number of primary amides is 1. The molecule has 9 nitrogen and oxygen atoms in total. The van der Waals surface area contributed by atoms with E-state index in [2.05, 4.69) is 16.0 Å². The highest BCUT2D eigenvalue weighted by Crippen LogP contribution is 2.05. The summed E-state index contributed by atoms with van der Waals surface area (Å²) >= 11 is 0. The summed E-state index contributed by atoms with van der Waals surface area (Å²) in [6.07, 6.45) is 0.310. The van der Waals surface area contributed by atoms with Crippen LogP contribution < -0.4 is 21.7 Å². The topological polar surface area (TPSA) is 151 Å². The Morgan fingerprint density at radius 1 is 0.844 bits per heavy atom. The molecular formula is C23H28N4O5. The zero-order valence-electron chi connectivity index (χ0n) is 17.6. The fourth-order valence-electron chi connectivity index (χ4n) is 3.06. The smallest absolute Gasteiger partial charge is 0.315 e. The van der Waals surface area contributed by atoms with Gasteiger partial charge >= 0.3 is 12.0 Å². The zero-order valence-corrected chi connectivity index (χ0v) is 17.6. The summed E-state index contributed by atoms with van der Waals surface area (Å²) in [6.45, 7) is 0.334. The van der Waals surface area contributed by atoms with Crippen LogP contribution in [0.25, 0.3) is 0 Å². The van der Waals surface area contributed by atoms with Gasteiger partial charge in [-0.05, 0) is 24.0 Å². The van der Waals surface area contributed by atoms with E-state index in [-0.39, 0.29) is 19.3 Å². The Balaban J connectivity index is 1.95. The standard InChI is InChI=1S/C23H28N4O5/c24-21(30)19(15-17-9-5-2-6-10-17)26-22(31)18(11-12-20(28)29)27-23(32)25-14-13-16-7-3-1-4-8-16/h1-10,18-19H,11-15H2,(H2,24,30)(H,26,31)(H,28,29)(H2,25,27,32)/t18-,19-/m0/s1. The van der Waals surface area contributed by atoms with Crippen LogP contribution in [0.2, 0.25) is 0 Å². The minimum absolute atomic E-state index is 0.135. The second kappa shape index (κ2) is 12.7. The lowest BCUT2D eigenvalue weighted by Gasteiger charge is -2.22. The van der Waals surface area contributed by atoms with Gasteiger partial charge in [-0.25, -0.2) is 4.79 Å². The van der Waals surface area contributed by atoms with Crippen molar-refractivity contribution in [2.24, 2.45) is 5.73 Å². The SMILES string of the molecule is NC(=O)[C@H](Cc1ccccc1)NC(=O)[C@H](CCC(=O)O)NC(=O)NCCc1ccccc1. The maximum atomic E-state index is 12.7. The quantitative estimate of drug-likeness (QED) is 0.333. The average molecular weight is 441 g/mol. The first kappa shape index (κ1) is 24.4. The van der Waals surface area contributed by atoms with Gasteiger partial charge in [0.2, 0.25) is 11.8 Å². The molecule has 170 valence electrons. The molecule has 0 unspecified atom stereocenters. The van der Waals surface area contributed by atoms with E-state index in [1.54, 1.807) is 24.3 Å². The first-order valence-electron chi connectivity index (χ1n) is 10.3. The number of urea groups is 1. The van der Waals surface area contributed by atoms with Crippen LogP contribution in [0.4, 0.5) is 4.79 Å². The highest BCUT2D eigenvalue weighted by Gasteiger charge is 2.26. The normalized spacial score (nSPS) is 12.2. The maximum absolute atomic E-state index is 12.7. The van der Waals surface area contributed by atoms with Gasteiger partial charge in [0, 0.05) is 19.4 Å². The number of carboxylic acid groups (broad SMARTS) is 1. The molecule has 2 atom stereocenters. The van der Waals surface area contributed by atoms with E-state index in [0.29, 0.717) is 13.0 Å². The second-order valence-electron chi connectivity index (χ2n) is 7.27. The van der Waals surface area contributed by atoms with Crippen molar-refractivity contribution in [3.63, 3.8) is 0 Å². The molecule has 0 heterocycles. The van der Waals surface area contributed by atoms with Crippen molar-refractivity contribution in [3.8, 4) is 0 Å². The Bertz CT molecular complexity index is 905. The van der Waals surface area contributed by atoms with Gasteiger partial charge in [-0.15, -0.1) is 0 Å². The molecule has 32 heavy (non-hydrogen) atoms. The highest BCUT2D eigenvalue weighted by atomic mass is 16.4. The molecule has 0 saturated carbocycles. The predicted octanol–water partition coefficient (Wildman–Crippen LogP) is 0.975. The lowest BCUT2D eigenvalue weighted by molar-refractivity contribution is -0.137. The molecular weight excluding hydrogens is 412 g/mol. The van der Waals surface area contributed by atoms with Crippen molar-refractivity contribution >= 4 is 23.8 Å². The van der Waals surface area contributed by atoms with Crippen LogP contribution in [-0.2, 0) is 27.2 Å². The number of nitrogens with one attached hydrogen (secondary N) is 3. The Labute approximate surface area is 186 Å². The molecule has 6 N–H and O–H groups in total. The van der Waals surface area contributed by atoms with Crippen LogP contribution in [0.1, 0.15) is 24.0 Å². The van der Waals surface area contributed by atoms with E-state index in [1.807, 2.05) is 36.4 Å². The minimum atomic E-state index is -1.14. The third kappa shape index (κ3) is 8.86. The Hall–Kier alpha value is -3.88. The molecule has 0 aromatic heterocycles. The van der Waals surface area contributed by atoms with Gasteiger partial charge in [0.25, 0.3) is 0 Å². The summed E-state index contributed by atoms with van der Waals surface area (Å²) in [5.74, 6) is -2.51. The molecule has 9 heteroatoms. The highest BCUT2D eigenvalue weighted by molar-refractivity contribution is 5.91. The number of benzene rings is 2. The van der Waals surface area contributed by atoms with Crippen LogP contribution in [0.3, 0.4) is 0 Å². The van der Waals surface area contributed by atoms with E-state index in [9.17, 15) is 19.2 Å². The summed E-state index contributed by atoms with van der Waals surface area (Å²) in [7, 11) is 0. The van der Waals surface area contributed by atoms with Gasteiger partial charge in [0.1, 0.15) is 12.1 Å². The maximum Gasteiger partial charge on any atom is 0.315 e. The van der Waals surface area contributed by atoms with Crippen molar-refractivity contribution in [1.29, 1.82) is 0 Å². The van der Waals surface area contributed by atoms with Gasteiger partial charge in [-0.2, -0.15) is 0 Å². The monoisotopic (exact) mass is 440 g/mol. The van der Waals surface area contributed by atoms with E-state index < -0.39 is 35.9 Å². The van der Waals surface area contributed by atoms with Crippen molar-refractivity contribution in [2.45, 2.75) is 37.8 Å². The molecule has 0 aliphatic carbocycles. The first-order chi connectivity index (χ1) is 15.3. The number of rotatable bonds is 12. The van der Waals surface area contributed by atoms with Gasteiger partial charge in [0.15, 0.2) is 0 Å². The van der Waals surface area contributed by atoms with Crippen LogP contribution in [0.15, 0.2) is 60.7 Å². The summed E-state index contributed by atoms with van der Waals surface area (Å²) in [4.78, 5) is 47.8. The number of nitrogens with two attached hydrogens (primary N) is 1. The van der Waals surface area contributed by atoms with E-state index in [4.69, 9.17) is 10.8 Å². The van der Waals surface area contributed by atoms with Crippen LogP contribution in [-0.4, -0.2) is 47.5 Å². The summed E-state index contributed by atoms with van der Waals surface area (Å²) in [5, 5.41) is 16.6. The molecule has 4 amide bonds. The number of hydrogen-bond donors (Lipinski definition) is 5. The summed E-state index contributed by atoms with van der Waals surface area (Å²) < 4.78 is 0. The first-order valence-corrected chi connectivity index (χ1v) is 10.3. The van der Waals surface area contributed by atoms with Crippen LogP contribution in [0, 0.1) is 0 Å². The average Bonchev–Trinajstić information content (AvgIpc) is 2.77. The lowest BCUT2D eigenvalue weighted by Crippen LogP contribution is -2.55. The van der Waals surface area contributed by atoms with Crippen molar-refractivity contribution in [2.75, 3.05) is 6.54 Å². The fourth-order valence-corrected chi connectivity index (χ4v) is 3.06. The molecule has 0 aliphatic rings. The molecule has 0 saturated heterocycles. The van der Waals surface area contributed by atoms with E-state index in [1.165, 1.54) is 0 Å². The van der Waals surface area contributed by atoms with Gasteiger partial charge in [0.05, 0.1) is 0 Å². The van der Waals surface area contributed by atoms with E-state index >= 15 is 0 Å². The molecule has 0 bridgehead atoms. The molecule has 0 fully saturated rings. The molecule has 2 rings (SSSR count). The van der Waals surface area contributed by atoms with Crippen LogP contribution in [0.5, 0.6) is 0 Å².